The van der Waals surface area contributed by atoms with E-state index in [1.54, 1.807) is 13.2 Å². The predicted octanol–water partition coefficient (Wildman–Crippen LogP) is 2.45. The van der Waals surface area contributed by atoms with Gasteiger partial charge in [-0.3, -0.25) is 4.90 Å². The summed E-state index contributed by atoms with van der Waals surface area (Å²) in [5, 5.41) is 12.7. The first-order valence-corrected chi connectivity index (χ1v) is 7.07. The van der Waals surface area contributed by atoms with Crippen molar-refractivity contribution in [3.8, 4) is 5.75 Å². The summed E-state index contributed by atoms with van der Waals surface area (Å²) in [5.41, 5.74) is 6.80. The van der Waals surface area contributed by atoms with Gasteiger partial charge in [0.1, 0.15) is 5.75 Å². The molecule has 0 spiro atoms. The topological polar surface area (TPSA) is 71.1 Å². The SMILES string of the molecule is COc1ccc(Cl)cc1CN1CCCCC1C(N)=NO. The van der Waals surface area contributed by atoms with E-state index in [-0.39, 0.29) is 11.9 Å². The van der Waals surface area contributed by atoms with E-state index in [1.807, 2.05) is 12.1 Å². The number of likely N-dealkylation sites (tertiary alicyclic amines) is 1. The quantitative estimate of drug-likeness (QED) is 0.387. The second kappa shape index (κ2) is 6.81. The number of halogens is 1. The summed E-state index contributed by atoms with van der Waals surface area (Å²) >= 11 is 6.06. The molecule has 1 heterocycles. The molecule has 0 aromatic heterocycles. The Labute approximate surface area is 124 Å². The largest absolute Gasteiger partial charge is 0.496 e. The van der Waals surface area contributed by atoms with Gasteiger partial charge in [0.15, 0.2) is 5.84 Å². The first kappa shape index (κ1) is 14.9. The number of methoxy groups -OCH3 is 1. The number of ether oxygens (including phenoxy) is 1. The van der Waals surface area contributed by atoms with Crippen molar-refractivity contribution in [3.05, 3.63) is 28.8 Å². The normalized spacial score (nSPS) is 20.9. The zero-order valence-corrected chi connectivity index (χ0v) is 12.3. The van der Waals surface area contributed by atoms with Crippen LogP contribution in [0.25, 0.3) is 0 Å². The molecule has 3 N–H and O–H groups in total. The average molecular weight is 298 g/mol. The Kier molecular flexibility index (Phi) is 5.09. The molecule has 0 bridgehead atoms. The van der Waals surface area contributed by atoms with Crippen LogP contribution in [0, 0.1) is 0 Å². The second-order valence-corrected chi connectivity index (χ2v) is 5.40. The van der Waals surface area contributed by atoms with Crippen LogP contribution in [0.2, 0.25) is 5.02 Å². The maximum atomic E-state index is 8.91. The van der Waals surface area contributed by atoms with Crippen molar-refractivity contribution < 1.29 is 9.94 Å². The number of hydrogen-bond acceptors (Lipinski definition) is 4. The summed E-state index contributed by atoms with van der Waals surface area (Å²) in [5.74, 6) is 1.07. The van der Waals surface area contributed by atoms with Gasteiger partial charge in [0.25, 0.3) is 0 Å². The standard InChI is InChI=1S/C14H20ClN3O2/c1-20-13-6-5-11(15)8-10(13)9-18-7-3-2-4-12(18)14(16)17-19/h5-6,8,12,19H,2-4,7,9H2,1H3,(H2,16,17). The molecular formula is C14H20ClN3O2. The van der Waals surface area contributed by atoms with E-state index in [4.69, 9.17) is 27.3 Å². The highest BCUT2D eigenvalue weighted by molar-refractivity contribution is 6.30. The minimum absolute atomic E-state index is 0.0302. The van der Waals surface area contributed by atoms with Gasteiger partial charge < -0.3 is 15.7 Å². The lowest BCUT2D eigenvalue weighted by Gasteiger charge is -2.35. The van der Waals surface area contributed by atoms with Crippen LogP contribution in [0.3, 0.4) is 0 Å². The third-order valence-electron chi connectivity index (χ3n) is 3.69. The Bertz CT molecular complexity index is 493. The van der Waals surface area contributed by atoms with Gasteiger partial charge in [-0.25, -0.2) is 0 Å². The number of piperidine rings is 1. The summed E-state index contributed by atoms with van der Waals surface area (Å²) in [4.78, 5) is 2.20. The Morgan fingerprint density at radius 3 is 3.05 bits per heavy atom. The molecule has 0 amide bonds. The first-order chi connectivity index (χ1) is 9.65. The molecule has 1 atom stereocenters. The lowest BCUT2D eigenvalue weighted by atomic mass is 10.00. The molecule has 110 valence electrons. The van der Waals surface area contributed by atoms with Gasteiger partial charge in [0.2, 0.25) is 0 Å². The molecule has 1 unspecified atom stereocenters. The van der Waals surface area contributed by atoms with Crippen molar-refractivity contribution in [2.75, 3.05) is 13.7 Å². The maximum Gasteiger partial charge on any atom is 0.156 e. The van der Waals surface area contributed by atoms with Gasteiger partial charge in [0, 0.05) is 17.1 Å². The fourth-order valence-electron chi connectivity index (χ4n) is 2.67. The molecule has 1 saturated heterocycles. The molecule has 1 fully saturated rings. The van der Waals surface area contributed by atoms with E-state index < -0.39 is 0 Å². The van der Waals surface area contributed by atoms with Crippen molar-refractivity contribution in [1.29, 1.82) is 0 Å². The van der Waals surface area contributed by atoms with Crippen molar-refractivity contribution in [1.82, 2.24) is 4.90 Å². The molecule has 5 nitrogen and oxygen atoms in total. The molecule has 1 aromatic rings. The van der Waals surface area contributed by atoms with Crippen molar-refractivity contribution in [3.63, 3.8) is 0 Å². The summed E-state index contributed by atoms with van der Waals surface area (Å²) < 4.78 is 5.37. The third-order valence-corrected chi connectivity index (χ3v) is 3.92. The molecule has 2 rings (SSSR count). The van der Waals surface area contributed by atoms with Gasteiger partial charge in [-0.05, 0) is 37.6 Å². The highest BCUT2D eigenvalue weighted by atomic mass is 35.5. The Balaban J connectivity index is 2.20. The van der Waals surface area contributed by atoms with E-state index in [0.29, 0.717) is 11.6 Å². The monoisotopic (exact) mass is 297 g/mol. The predicted molar refractivity (Wildman–Crippen MR) is 79.5 cm³/mol. The third kappa shape index (κ3) is 3.35. The molecule has 1 aliphatic heterocycles. The smallest absolute Gasteiger partial charge is 0.156 e. The van der Waals surface area contributed by atoms with Gasteiger partial charge in [-0.2, -0.15) is 0 Å². The Morgan fingerprint density at radius 2 is 2.35 bits per heavy atom. The average Bonchev–Trinajstić information content (AvgIpc) is 2.47. The fourth-order valence-corrected chi connectivity index (χ4v) is 2.87. The number of nitrogens with zero attached hydrogens (tertiary/aromatic N) is 2. The molecule has 0 aliphatic carbocycles. The lowest BCUT2D eigenvalue weighted by Crippen LogP contribution is -2.47. The molecule has 6 heteroatoms. The number of amidine groups is 1. The number of benzene rings is 1. The van der Waals surface area contributed by atoms with Gasteiger partial charge in [0.05, 0.1) is 13.2 Å². The van der Waals surface area contributed by atoms with Crippen molar-refractivity contribution >= 4 is 17.4 Å². The maximum absolute atomic E-state index is 8.91. The van der Waals surface area contributed by atoms with Crippen LogP contribution < -0.4 is 10.5 Å². The Hall–Kier alpha value is -1.46. The van der Waals surface area contributed by atoms with Gasteiger partial charge >= 0.3 is 0 Å². The van der Waals surface area contributed by atoms with E-state index in [1.165, 1.54) is 0 Å². The first-order valence-electron chi connectivity index (χ1n) is 6.69. The minimum atomic E-state index is -0.0302. The summed E-state index contributed by atoms with van der Waals surface area (Å²) in [6.45, 7) is 1.58. The number of rotatable bonds is 4. The Morgan fingerprint density at radius 1 is 1.55 bits per heavy atom. The van der Waals surface area contributed by atoms with Gasteiger partial charge in [-0.15, -0.1) is 0 Å². The molecule has 0 radical (unpaired) electrons. The van der Waals surface area contributed by atoms with Crippen LogP contribution in [0.4, 0.5) is 0 Å². The van der Waals surface area contributed by atoms with Gasteiger partial charge in [-0.1, -0.05) is 23.2 Å². The lowest BCUT2D eigenvalue weighted by molar-refractivity contribution is 0.176. The second-order valence-electron chi connectivity index (χ2n) is 4.96. The van der Waals surface area contributed by atoms with Crippen LogP contribution in [0.1, 0.15) is 24.8 Å². The van der Waals surface area contributed by atoms with E-state index in [2.05, 4.69) is 10.1 Å². The summed E-state index contributed by atoms with van der Waals surface area (Å²) in [7, 11) is 1.64. The molecular weight excluding hydrogens is 278 g/mol. The number of nitrogens with two attached hydrogens (primary N) is 1. The van der Waals surface area contributed by atoms with Crippen LogP contribution in [-0.4, -0.2) is 35.6 Å². The van der Waals surface area contributed by atoms with Crippen LogP contribution >= 0.6 is 11.6 Å². The van der Waals surface area contributed by atoms with Crippen LogP contribution in [0.15, 0.2) is 23.4 Å². The fraction of sp³-hybridized carbons (Fsp3) is 0.500. The zero-order valence-electron chi connectivity index (χ0n) is 11.6. The molecule has 1 aromatic carbocycles. The molecule has 0 saturated carbocycles. The zero-order chi connectivity index (χ0) is 14.5. The highest BCUT2D eigenvalue weighted by Gasteiger charge is 2.26. The highest BCUT2D eigenvalue weighted by Crippen LogP contribution is 2.27. The van der Waals surface area contributed by atoms with E-state index >= 15 is 0 Å². The van der Waals surface area contributed by atoms with Crippen molar-refractivity contribution in [2.45, 2.75) is 31.8 Å². The summed E-state index contributed by atoms with van der Waals surface area (Å²) in [6.07, 6.45) is 3.10. The van der Waals surface area contributed by atoms with Crippen LogP contribution in [0.5, 0.6) is 5.75 Å². The van der Waals surface area contributed by atoms with E-state index in [9.17, 15) is 0 Å². The molecule has 20 heavy (non-hydrogen) atoms. The number of hydrogen-bond donors (Lipinski definition) is 2. The van der Waals surface area contributed by atoms with E-state index in [0.717, 1.165) is 37.1 Å². The number of oxime groups is 1. The van der Waals surface area contributed by atoms with Crippen molar-refractivity contribution in [2.24, 2.45) is 10.9 Å². The minimum Gasteiger partial charge on any atom is -0.496 e. The van der Waals surface area contributed by atoms with Crippen LogP contribution in [-0.2, 0) is 6.54 Å². The molecule has 1 aliphatic rings. The summed E-state index contributed by atoms with van der Waals surface area (Å²) in [6, 6.07) is 5.54.